The average Bonchev–Trinajstić information content (AvgIpc) is 2.91. The molecule has 1 N–H and O–H groups in total. The van der Waals surface area contributed by atoms with Gasteiger partial charge in [0.15, 0.2) is 0 Å². The van der Waals surface area contributed by atoms with Gasteiger partial charge < -0.3 is 10.2 Å². The number of amides is 1. The maximum atomic E-state index is 12.3. The summed E-state index contributed by atoms with van der Waals surface area (Å²) in [5.41, 5.74) is 0.421. The molecule has 2 rings (SSSR count). The Bertz CT molecular complexity index is 299. The molecule has 2 aliphatic rings. The lowest BCUT2D eigenvalue weighted by Crippen LogP contribution is -2.33. The van der Waals surface area contributed by atoms with Crippen LogP contribution in [0.5, 0.6) is 0 Å². The summed E-state index contributed by atoms with van der Waals surface area (Å²) in [5, 5.41) is 3.39. The van der Waals surface area contributed by atoms with Crippen LogP contribution in [0.25, 0.3) is 0 Å². The van der Waals surface area contributed by atoms with Crippen molar-refractivity contribution in [2.45, 2.75) is 58.8 Å². The monoisotopic (exact) mass is 302 g/mol. The summed E-state index contributed by atoms with van der Waals surface area (Å²) < 4.78 is 0. The van der Waals surface area contributed by atoms with Gasteiger partial charge in [-0.2, -0.15) is 0 Å². The van der Waals surface area contributed by atoms with Gasteiger partial charge in [0.25, 0.3) is 0 Å². The predicted molar refractivity (Wildman–Crippen MR) is 86.3 cm³/mol. The van der Waals surface area contributed by atoms with Gasteiger partial charge in [-0.25, -0.2) is 0 Å². The van der Waals surface area contributed by atoms with E-state index in [1.165, 1.54) is 32.1 Å². The molecule has 2 saturated heterocycles. The Kier molecular flexibility index (Phi) is 7.32. The maximum Gasteiger partial charge on any atom is 0.222 e. The minimum absolute atomic E-state index is 0. The van der Waals surface area contributed by atoms with E-state index in [-0.39, 0.29) is 12.4 Å². The van der Waals surface area contributed by atoms with Gasteiger partial charge in [-0.05, 0) is 62.9 Å². The molecule has 1 amide bonds. The van der Waals surface area contributed by atoms with Gasteiger partial charge in [0.2, 0.25) is 5.91 Å². The summed E-state index contributed by atoms with van der Waals surface area (Å²) in [6.45, 7) is 8.81. The number of likely N-dealkylation sites (tertiary alicyclic amines) is 1. The summed E-state index contributed by atoms with van der Waals surface area (Å²) in [5.74, 6) is 1.18. The van der Waals surface area contributed by atoms with E-state index < -0.39 is 0 Å². The second-order valence-electron chi connectivity index (χ2n) is 6.50. The van der Waals surface area contributed by atoms with Crippen molar-refractivity contribution in [2.75, 3.05) is 26.2 Å². The summed E-state index contributed by atoms with van der Waals surface area (Å²) in [4.78, 5) is 14.5. The van der Waals surface area contributed by atoms with Crippen molar-refractivity contribution in [3.8, 4) is 0 Å². The number of carbonyl (C=O) groups is 1. The number of carbonyl (C=O) groups excluding carboxylic acids is 1. The molecule has 0 aromatic carbocycles. The molecule has 0 bridgehead atoms. The first-order valence-corrected chi connectivity index (χ1v) is 8.17. The van der Waals surface area contributed by atoms with Crippen molar-refractivity contribution in [2.24, 2.45) is 11.3 Å². The molecule has 0 radical (unpaired) electrons. The van der Waals surface area contributed by atoms with E-state index in [9.17, 15) is 4.79 Å². The number of nitrogens with one attached hydrogen (secondary N) is 1. The molecule has 2 heterocycles. The van der Waals surface area contributed by atoms with E-state index in [0.717, 1.165) is 44.9 Å². The number of rotatable bonds is 5. The third-order valence-electron chi connectivity index (χ3n) is 5.52. The summed E-state index contributed by atoms with van der Waals surface area (Å²) in [7, 11) is 0. The van der Waals surface area contributed by atoms with Crippen LogP contribution in [-0.2, 0) is 4.79 Å². The zero-order chi connectivity index (χ0) is 13.7. The van der Waals surface area contributed by atoms with E-state index in [1.54, 1.807) is 0 Å². The standard InChI is InChI=1S/C16H30N2O.ClH/c1-3-16(4-2)9-12-18(13-16)15(19)6-5-14-7-10-17-11-8-14;/h14,17H,3-13H2,1-2H3;1H. The van der Waals surface area contributed by atoms with Gasteiger partial charge in [0, 0.05) is 19.5 Å². The molecule has 0 aromatic rings. The van der Waals surface area contributed by atoms with Crippen molar-refractivity contribution in [1.29, 1.82) is 0 Å². The lowest BCUT2D eigenvalue weighted by molar-refractivity contribution is -0.131. The van der Waals surface area contributed by atoms with E-state index >= 15 is 0 Å². The molecular formula is C16H31ClN2O. The lowest BCUT2D eigenvalue weighted by Gasteiger charge is -2.27. The molecule has 0 aliphatic carbocycles. The number of nitrogens with zero attached hydrogens (tertiary/aromatic N) is 1. The molecule has 0 atom stereocenters. The van der Waals surface area contributed by atoms with Gasteiger partial charge in [0.05, 0.1) is 0 Å². The minimum Gasteiger partial charge on any atom is -0.342 e. The van der Waals surface area contributed by atoms with Crippen molar-refractivity contribution >= 4 is 18.3 Å². The number of piperidine rings is 1. The van der Waals surface area contributed by atoms with Gasteiger partial charge in [0.1, 0.15) is 0 Å². The fourth-order valence-corrected chi connectivity index (χ4v) is 3.63. The molecule has 2 aliphatic heterocycles. The summed E-state index contributed by atoms with van der Waals surface area (Å²) in [6, 6.07) is 0. The Morgan fingerprint density at radius 1 is 1.25 bits per heavy atom. The molecular weight excluding hydrogens is 272 g/mol. The molecule has 118 valence electrons. The Labute approximate surface area is 130 Å². The smallest absolute Gasteiger partial charge is 0.222 e. The average molecular weight is 303 g/mol. The highest BCUT2D eigenvalue weighted by Crippen LogP contribution is 2.37. The van der Waals surface area contributed by atoms with Crippen LogP contribution < -0.4 is 5.32 Å². The Hall–Kier alpha value is -0.280. The van der Waals surface area contributed by atoms with Crippen molar-refractivity contribution in [3.05, 3.63) is 0 Å². The van der Waals surface area contributed by atoms with Crippen molar-refractivity contribution < 1.29 is 4.79 Å². The van der Waals surface area contributed by atoms with Crippen molar-refractivity contribution in [3.63, 3.8) is 0 Å². The quantitative estimate of drug-likeness (QED) is 0.845. The zero-order valence-corrected chi connectivity index (χ0v) is 13.9. The van der Waals surface area contributed by atoms with Crippen LogP contribution in [0.3, 0.4) is 0 Å². The number of halogens is 1. The largest absolute Gasteiger partial charge is 0.342 e. The van der Waals surface area contributed by atoms with Gasteiger partial charge >= 0.3 is 0 Å². The van der Waals surface area contributed by atoms with E-state index in [4.69, 9.17) is 0 Å². The summed E-state index contributed by atoms with van der Waals surface area (Å²) >= 11 is 0. The van der Waals surface area contributed by atoms with Crippen LogP contribution in [0.4, 0.5) is 0 Å². The normalized spacial score (nSPS) is 22.6. The molecule has 2 fully saturated rings. The van der Waals surface area contributed by atoms with Crippen LogP contribution in [0, 0.1) is 11.3 Å². The van der Waals surface area contributed by atoms with Crippen LogP contribution in [0.2, 0.25) is 0 Å². The Morgan fingerprint density at radius 2 is 1.90 bits per heavy atom. The van der Waals surface area contributed by atoms with Crippen LogP contribution in [0.15, 0.2) is 0 Å². The van der Waals surface area contributed by atoms with Crippen molar-refractivity contribution in [1.82, 2.24) is 10.2 Å². The third-order valence-corrected chi connectivity index (χ3v) is 5.52. The minimum atomic E-state index is 0. The van der Waals surface area contributed by atoms with Gasteiger partial charge in [-0.3, -0.25) is 4.79 Å². The second kappa shape index (κ2) is 8.23. The first kappa shape index (κ1) is 17.8. The highest BCUT2D eigenvalue weighted by Gasteiger charge is 2.36. The number of hydrogen-bond acceptors (Lipinski definition) is 2. The predicted octanol–water partition coefficient (Wildman–Crippen LogP) is 3.23. The first-order valence-electron chi connectivity index (χ1n) is 8.17. The molecule has 20 heavy (non-hydrogen) atoms. The SMILES string of the molecule is CCC1(CC)CCN(C(=O)CCC2CCNCC2)C1.Cl. The molecule has 3 nitrogen and oxygen atoms in total. The van der Waals surface area contributed by atoms with Gasteiger partial charge in [-0.1, -0.05) is 13.8 Å². The topological polar surface area (TPSA) is 32.3 Å². The highest BCUT2D eigenvalue weighted by molar-refractivity contribution is 5.85. The van der Waals surface area contributed by atoms with E-state index in [2.05, 4.69) is 24.1 Å². The van der Waals surface area contributed by atoms with E-state index in [1.807, 2.05) is 0 Å². The zero-order valence-electron chi connectivity index (χ0n) is 13.1. The molecule has 4 heteroatoms. The van der Waals surface area contributed by atoms with Crippen LogP contribution in [0.1, 0.15) is 58.8 Å². The molecule has 0 saturated carbocycles. The maximum absolute atomic E-state index is 12.3. The Balaban J connectivity index is 0.00000200. The van der Waals surface area contributed by atoms with Crippen LogP contribution >= 0.6 is 12.4 Å². The molecule has 0 aromatic heterocycles. The lowest BCUT2D eigenvalue weighted by atomic mass is 9.82. The Morgan fingerprint density at radius 3 is 2.45 bits per heavy atom. The number of hydrogen-bond donors (Lipinski definition) is 1. The third kappa shape index (κ3) is 4.36. The first-order chi connectivity index (χ1) is 9.19. The highest BCUT2D eigenvalue weighted by atomic mass is 35.5. The van der Waals surface area contributed by atoms with E-state index in [0.29, 0.717) is 11.3 Å². The van der Waals surface area contributed by atoms with Gasteiger partial charge in [-0.15, -0.1) is 12.4 Å². The molecule has 0 unspecified atom stereocenters. The van der Waals surface area contributed by atoms with Crippen LogP contribution in [-0.4, -0.2) is 37.0 Å². The fourth-order valence-electron chi connectivity index (χ4n) is 3.63. The second-order valence-corrected chi connectivity index (χ2v) is 6.50. The summed E-state index contributed by atoms with van der Waals surface area (Å²) in [6.07, 6.45) is 8.00. The fraction of sp³-hybridized carbons (Fsp3) is 0.938. The molecule has 0 spiro atoms.